The van der Waals surface area contributed by atoms with Crippen molar-refractivity contribution in [3.63, 3.8) is 0 Å². The number of carbonyl (C=O) groups excluding carboxylic acids is 1. The summed E-state index contributed by atoms with van der Waals surface area (Å²) >= 11 is 0. The molecular weight excluding hydrogens is 297 g/mol. The second-order valence-electron chi connectivity index (χ2n) is 6.07. The highest BCUT2D eigenvalue weighted by Gasteiger charge is 2.30. The van der Waals surface area contributed by atoms with Gasteiger partial charge in [-0.25, -0.2) is 0 Å². The molecule has 1 aliphatic heterocycles. The first-order chi connectivity index (χ1) is 8.58. The van der Waals surface area contributed by atoms with E-state index >= 15 is 0 Å². The van der Waals surface area contributed by atoms with Crippen LogP contribution >= 0.6 is 24.8 Å². The van der Waals surface area contributed by atoms with E-state index < -0.39 is 0 Å². The number of rotatable bonds is 2. The number of halogens is 2. The Balaban J connectivity index is 0.00000180. The van der Waals surface area contributed by atoms with E-state index in [2.05, 4.69) is 23.6 Å². The Hall–Kier alpha value is -0.0300. The Labute approximate surface area is 135 Å². The second-order valence-corrected chi connectivity index (χ2v) is 6.07. The van der Waals surface area contributed by atoms with Gasteiger partial charge in [-0.3, -0.25) is 9.69 Å². The van der Waals surface area contributed by atoms with Gasteiger partial charge in [-0.2, -0.15) is 0 Å². The summed E-state index contributed by atoms with van der Waals surface area (Å²) in [5.41, 5.74) is 5.90. The molecule has 20 heavy (non-hydrogen) atoms. The third-order valence-electron chi connectivity index (χ3n) is 4.48. The van der Waals surface area contributed by atoms with E-state index in [-0.39, 0.29) is 30.7 Å². The molecule has 1 amide bonds. The van der Waals surface area contributed by atoms with Gasteiger partial charge in [0.05, 0.1) is 0 Å². The Morgan fingerprint density at radius 2 is 1.50 bits per heavy atom. The molecule has 0 aromatic rings. The molecule has 0 atom stereocenters. The lowest BCUT2D eigenvalue weighted by molar-refractivity contribution is -0.138. The molecule has 1 aliphatic carbocycles. The second kappa shape index (κ2) is 9.08. The highest BCUT2D eigenvalue weighted by Crippen LogP contribution is 2.25. The molecule has 120 valence electrons. The number of nitrogens with two attached hydrogens (primary N) is 1. The smallest absolute Gasteiger partial charge is 0.225 e. The molecule has 2 aliphatic rings. The zero-order chi connectivity index (χ0) is 13.1. The lowest BCUT2D eigenvalue weighted by atomic mass is 9.85. The highest BCUT2D eigenvalue weighted by atomic mass is 35.5. The van der Waals surface area contributed by atoms with Gasteiger partial charge in [0, 0.05) is 44.2 Å². The van der Waals surface area contributed by atoms with Crippen molar-refractivity contribution in [2.24, 2.45) is 11.7 Å². The van der Waals surface area contributed by atoms with Crippen molar-refractivity contribution >= 4 is 30.7 Å². The Bertz CT molecular complexity index is 286. The summed E-state index contributed by atoms with van der Waals surface area (Å²) in [5.74, 6) is 0.626. The molecule has 6 heteroatoms. The number of hydrogen-bond donors (Lipinski definition) is 1. The van der Waals surface area contributed by atoms with Crippen LogP contribution in [0.1, 0.15) is 39.5 Å². The molecular formula is C14H29Cl2N3O. The Morgan fingerprint density at radius 1 is 1.00 bits per heavy atom. The molecule has 1 saturated heterocycles. The maximum atomic E-state index is 12.4. The van der Waals surface area contributed by atoms with Crippen LogP contribution in [-0.2, 0) is 4.79 Å². The molecule has 0 unspecified atom stereocenters. The Morgan fingerprint density at radius 3 is 1.95 bits per heavy atom. The molecule has 2 N–H and O–H groups in total. The molecule has 2 fully saturated rings. The van der Waals surface area contributed by atoms with E-state index in [0.29, 0.717) is 18.0 Å². The summed E-state index contributed by atoms with van der Waals surface area (Å²) in [6.45, 7) is 8.30. The van der Waals surface area contributed by atoms with E-state index in [9.17, 15) is 4.79 Å². The van der Waals surface area contributed by atoms with Gasteiger partial charge in [0.2, 0.25) is 5.91 Å². The zero-order valence-corrected chi connectivity index (χ0v) is 14.2. The average molecular weight is 326 g/mol. The van der Waals surface area contributed by atoms with Crippen molar-refractivity contribution in [2.45, 2.75) is 51.6 Å². The van der Waals surface area contributed by atoms with Crippen LogP contribution in [0.4, 0.5) is 0 Å². The maximum Gasteiger partial charge on any atom is 0.225 e. The van der Waals surface area contributed by atoms with Crippen LogP contribution < -0.4 is 5.73 Å². The first-order valence-electron chi connectivity index (χ1n) is 7.36. The fourth-order valence-corrected chi connectivity index (χ4v) is 3.08. The van der Waals surface area contributed by atoms with Crippen molar-refractivity contribution in [1.29, 1.82) is 0 Å². The van der Waals surface area contributed by atoms with Gasteiger partial charge < -0.3 is 10.6 Å². The van der Waals surface area contributed by atoms with Crippen molar-refractivity contribution in [3.05, 3.63) is 0 Å². The highest BCUT2D eigenvalue weighted by molar-refractivity contribution is 5.85. The van der Waals surface area contributed by atoms with Gasteiger partial charge in [0.1, 0.15) is 0 Å². The summed E-state index contributed by atoms with van der Waals surface area (Å²) in [7, 11) is 0. The van der Waals surface area contributed by atoms with Crippen LogP contribution in [0, 0.1) is 5.92 Å². The SMILES string of the molecule is CC(C)N1CCN(C(=O)[C@H]2CC[C@@H](N)CC2)CC1.Cl.Cl. The van der Waals surface area contributed by atoms with Gasteiger partial charge in [-0.1, -0.05) is 0 Å². The zero-order valence-electron chi connectivity index (χ0n) is 12.6. The van der Waals surface area contributed by atoms with Crippen LogP contribution in [0.5, 0.6) is 0 Å². The van der Waals surface area contributed by atoms with Gasteiger partial charge in [0.15, 0.2) is 0 Å². The van der Waals surface area contributed by atoms with E-state index in [0.717, 1.165) is 51.9 Å². The van der Waals surface area contributed by atoms with Crippen LogP contribution in [0.25, 0.3) is 0 Å². The molecule has 0 bridgehead atoms. The fraction of sp³-hybridized carbons (Fsp3) is 0.929. The number of nitrogens with zero attached hydrogens (tertiary/aromatic N) is 2. The largest absolute Gasteiger partial charge is 0.340 e. The number of piperazine rings is 1. The summed E-state index contributed by atoms with van der Waals surface area (Å²) < 4.78 is 0. The topological polar surface area (TPSA) is 49.6 Å². The summed E-state index contributed by atoms with van der Waals surface area (Å²) in [6.07, 6.45) is 4.01. The molecule has 1 saturated carbocycles. The summed E-state index contributed by atoms with van der Waals surface area (Å²) in [4.78, 5) is 16.9. The summed E-state index contributed by atoms with van der Waals surface area (Å²) in [5, 5.41) is 0. The van der Waals surface area contributed by atoms with Crippen molar-refractivity contribution in [3.8, 4) is 0 Å². The molecule has 0 radical (unpaired) electrons. The standard InChI is InChI=1S/C14H27N3O.2ClH/c1-11(2)16-7-9-17(10-8-16)14(18)12-3-5-13(15)6-4-12;;/h11-13H,3-10,15H2,1-2H3;2*1H/t12-,13+;;. The van der Waals surface area contributed by atoms with Crippen LogP contribution in [-0.4, -0.2) is 54.0 Å². The average Bonchev–Trinajstić information content (AvgIpc) is 2.39. The molecule has 0 aromatic heterocycles. The molecule has 4 nitrogen and oxygen atoms in total. The van der Waals surface area contributed by atoms with E-state index in [1.54, 1.807) is 0 Å². The lowest BCUT2D eigenvalue weighted by Crippen LogP contribution is -2.52. The van der Waals surface area contributed by atoms with Gasteiger partial charge in [-0.05, 0) is 39.5 Å². The number of hydrogen-bond acceptors (Lipinski definition) is 3. The van der Waals surface area contributed by atoms with E-state index in [4.69, 9.17) is 5.73 Å². The monoisotopic (exact) mass is 325 g/mol. The first-order valence-corrected chi connectivity index (χ1v) is 7.36. The quantitative estimate of drug-likeness (QED) is 0.843. The van der Waals surface area contributed by atoms with Crippen LogP contribution in [0.2, 0.25) is 0 Å². The minimum absolute atomic E-state index is 0. The van der Waals surface area contributed by atoms with Gasteiger partial charge in [0.25, 0.3) is 0 Å². The normalized spacial score (nSPS) is 27.7. The predicted molar refractivity (Wildman–Crippen MR) is 87.7 cm³/mol. The predicted octanol–water partition coefficient (Wildman–Crippen LogP) is 1.90. The molecule has 1 heterocycles. The van der Waals surface area contributed by atoms with Gasteiger partial charge in [-0.15, -0.1) is 24.8 Å². The third-order valence-corrected chi connectivity index (χ3v) is 4.48. The number of carbonyl (C=O) groups is 1. The van der Waals surface area contributed by atoms with Crippen LogP contribution in [0.3, 0.4) is 0 Å². The molecule has 0 aromatic carbocycles. The van der Waals surface area contributed by atoms with Crippen molar-refractivity contribution in [2.75, 3.05) is 26.2 Å². The van der Waals surface area contributed by atoms with Crippen molar-refractivity contribution < 1.29 is 4.79 Å². The third kappa shape index (κ3) is 5.06. The first kappa shape index (κ1) is 20.0. The minimum Gasteiger partial charge on any atom is -0.340 e. The minimum atomic E-state index is 0. The number of amides is 1. The van der Waals surface area contributed by atoms with Gasteiger partial charge >= 0.3 is 0 Å². The summed E-state index contributed by atoms with van der Waals surface area (Å²) in [6, 6.07) is 0.918. The lowest BCUT2D eigenvalue weighted by Gasteiger charge is -2.39. The van der Waals surface area contributed by atoms with Crippen LogP contribution in [0.15, 0.2) is 0 Å². The molecule has 0 spiro atoms. The maximum absolute atomic E-state index is 12.4. The van der Waals surface area contributed by atoms with E-state index in [1.807, 2.05) is 0 Å². The van der Waals surface area contributed by atoms with Crippen molar-refractivity contribution in [1.82, 2.24) is 9.80 Å². The fourth-order valence-electron chi connectivity index (χ4n) is 3.08. The molecule has 2 rings (SSSR count). The van der Waals surface area contributed by atoms with E-state index in [1.165, 1.54) is 0 Å². The Kier molecular flexibility index (Phi) is 9.07.